The molecule has 5 heteroatoms. The first-order chi connectivity index (χ1) is 10.1. The number of benzene rings is 1. The molecule has 0 aliphatic carbocycles. The van der Waals surface area contributed by atoms with Crippen LogP contribution in [0.1, 0.15) is 18.4 Å². The van der Waals surface area contributed by atoms with E-state index >= 15 is 0 Å². The van der Waals surface area contributed by atoms with Crippen molar-refractivity contribution < 1.29 is 18.7 Å². The first kappa shape index (κ1) is 14.5. The molecule has 4 nitrogen and oxygen atoms in total. The highest BCUT2D eigenvalue weighted by atomic mass is 19.1. The van der Waals surface area contributed by atoms with Crippen LogP contribution in [0.3, 0.4) is 0 Å². The van der Waals surface area contributed by atoms with E-state index in [0.717, 1.165) is 12.8 Å². The molecule has 2 heterocycles. The summed E-state index contributed by atoms with van der Waals surface area (Å²) in [6, 6.07) is 6.21. The summed E-state index contributed by atoms with van der Waals surface area (Å²) < 4.78 is 24.4. The molecule has 2 atom stereocenters. The molecule has 0 aromatic heterocycles. The number of likely N-dealkylation sites (tertiary alicyclic amines) is 1. The predicted molar refractivity (Wildman–Crippen MR) is 75.4 cm³/mol. The van der Waals surface area contributed by atoms with E-state index in [1.165, 1.54) is 12.1 Å². The third kappa shape index (κ3) is 3.09. The molecular formula is C16H20FNO3. The molecule has 1 aromatic carbocycles. The Morgan fingerprint density at radius 2 is 2.43 bits per heavy atom. The monoisotopic (exact) mass is 293 g/mol. The number of ether oxygens (including phenoxy) is 2. The van der Waals surface area contributed by atoms with E-state index in [1.54, 1.807) is 19.2 Å². The topological polar surface area (TPSA) is 38.8 Å². The van der Waals surface area contributed by atoms with Crippen LogP contribution in [-0.4, -0.2) is 49.3 Å². The molecule has 21 heavy (non-hydrogen) atoms. The number of amides is 1. The van der Waals surface area contributed by atoms with E-state index in [4.69, 9.17) is 9.47 Å². The number of rotatable bonds is 3. The lowest BCUT2D eigenvalue weighted by Crippen LogP contribution is -2.36. The Morgan fingerprint density at radius 1 is 1.57 bits per heavy atom. The van der Waals surface area contributed by atoms with E-state index in [0.29, 0.717) is 25.3 Å². The fourth-order valence-electron chi connectivity index (χ4n) is 3.23. The number of carbonyl (C=O) groups is 1. The van der Waals surface area contributed by atoms with E-state index in [1.807, 2.05) is 4.90 Å². The highest BCUT2D eigenvalue weighted by Crippen LogP contribution is 2.36. The predicted octanol–water partition coefficient (Wildman–Crippen LogP) is 1.77. The van der Waals surface area contributed by atoms with Crippen molar-refractivity contribution in [2.75, 3.05) is 26.8 Å². The molecule has 0 N–H and O–H groups in total. The second-order valence-electron chi connectivity index (χ2n) is 5.93. The molecule has 3 rings (SSSR count). The van der Waals surface area contributed by atoms with Gasteiger partial charge in [-0.05, 0) is 24.1 Å². The zero-order valence-electron chi connectivity index (χ0n) is 12.2. The minimum atomic E-state index is -0.305. The maximum Gasteiger partial charge on any atom is 0.227 e. The molecule has 114 valence electrons. The summed E-state index contributed by atoms with van der Waals surface area (Å²) in [5.41, 5.74) is 0.473. The summed E-state index contributed by atoms with van der Waals surface area (Å²) in [5.74, 6) is -0.276. The van der Waals surface area contributed by atoms with Gasteiger partial charge in [-0.15, -0.1) is 0 Å². The van der Waals surface area contributed by atoms with Crippen LogP contribution in [0.2, 0.25) is 0 Å². The Kier molecular flexibility index (Phi) is 3.95. The van der Waals surface area contributed by atoms with Crippen LogP contribution in [-0.2, 0) is 20.7 Å². The number of carbonyl (C=O) groups excluding carboxylic acids is 1. The van der Waals surface area contributed by atoms with Crippen LogP contribution in [0.15, 0.2) is 24.3 Å². The fourth-order valence-corrected chi connectivity index (χ4v) is 3.23. The zero-order valence-corrected chi connectivity index (χ0v) is 12.2. The summed E-state index contributed by atoms with van der Waals surface area (Å²) in [7, 11) is 1.69. The first-order valence-electron chi connectivity index (χ1n) is 7.29. The van der Waals surface area contributed by atoms with E-state index in [9.17, 15) is 9.18 Å². The SMILES string of the molecule is CO[C@H]1CO[C@@]2(CCN(C(=O)Cc3cccc(F)c3)C2)C1. The maximum atomic E-state index is 13.2. The number of halogens is 1. The second kappa shape index (κ2) is 5.73. The van der Waals surface area contributed by atoms with Crippen LogP contribution in [0.5, 0.6) is 0 Å². The standard InChI is InChI=1S/C16H20FNO3/c1-20-14-9-16(21-10-14)5-6-18(11-16)15(19)8-12-3-2-4-13(17)7-12/h2-4,7,14H,5-6,8-11H2,1H3/t14-,16+/m1/s1. The van der Waals surface area contributed by atoms with Gasteiger partial charge in [0, 0.05) is 26.6 Å². The lowest BCUT2D eigenvalue weighted by Gasteiger charge is -2.23. The van der Waals surface area contributed by atoms with Crippen LogP contribution >= 0.6 is 0 Å². The minimum Gasteiger partial charge on any atom is -0.379 e. The largest absolute Gasteiger partial charge is 0.379 e. The lowest BCUT2D eigenvalue weighted by atomic mass is 9.98. The van der Waals surface area contributed by atoms with Crippen molar-refractivity contribution in [2.45, 2.75) is 31.0 Å². The minimum absolute atomic E-state index is 0.0296. The molecule has 1 spiro atoms. The van der Waals surface area contributed by atoms with E-state index in [2.05, 4.69) is 0 Å². The smallest absolute Gasteiger partial charge is 0.227 e. The number of hydrogen-bond acceptors (Lipinski definition) is 3. The maximum absolute atomic E-state index is 13.2. The Balaban J connectivity index is 1.60. The average molecular weight is 293 g/mol. The first-order valence-corrected chi connectivity index (χ1v) is 7.29. The van der Waals surface area contributed by atoms with Gasteiger partial charge in [0.1, 0.15) is 5.82 Å². The molecule has 2 aliphatic rings. The van der Waals surface area contributed by atoms with Gasteiger partial charge >= 0.3 is 0 Å². The van der Waals surface area contributed by atoms with Crippen molar-refractivity contribution in [2.24, 2.45) is 0 Å². The Bertz CT molecular complexity index is 536. The molecular weight excluding hydrogens is 273 g/mol. The summed E-state index contributed by atoms with van der Waals surface area (Å²) in [6.07, 6.45) is 2.06. The highest BCUT2D eigenvalue weighted by Gasteiger charge is 2.46. The number of nitrogens with zero attached hydrogens (tertiary/aromatic N) is 1. The average Bonchev–Trinajstić information content (AvgIpc) is 3.07. The summed E-state index contributed by atoms with van der Waals surface area (Å²) >= 11 is 0. The van der Waals surface area contributed by atoms with Gasteiger partial charge in [0.05, 0.1) is 24.7 Å². The third-order valence-corrected chi connectivity index (χ3v) is 4.42. The van der Waals surface area contributed by atoms with Gasteiger partial charge in [-0.3, -0.25) is 4.79 Å². The van der Waals surface area contributed by atoms with Crippen molar-refractivity contribution in [1.29, 1.82) is 0 Å². The molecule has 1 amide bonds. The Hall–Kier alpha value is -1.46. The molecule has 2 fully saturated rings. The number of methoxy groups -OCH3 is 1. The molecule has 0 radical (unpaired) electrons. The van der Waals surface area contributed by atoms with Gasteiger partial charge in [0.15, 0.2) is 0 Å². The molecule has 2 aliphatic heterocycles. The Labute approximate surface area is 123 Å². The molecule has 0 unspecified atom stereocenters. The quantitative estimate of drug-likeness (QED) is 0.852. The van der Waals surface area contributed by atoms with Crippen molar-refractivity contribution in [3.63, 3.8) is 0 Å². The van der Waals surface area contributed by atoms with Gasteiger partial charge < -0.3 is 14.4 Å². The summed E-state index contributed by atoms with van der Waals surface area (Å²) in [5, 5.41) is 0. The summed E-state index contributed by atoms with van der Waals surface area (Å²) in [4.78, 5) is 14.2. The molecule has 0 saturated carbocycles. The van der Waals surface area contributed by atoms with Crippen molar-refractivity contribution in [1.82, 2.24) is 4.90 Å². The zero-order chi connectivity index (χ0) is 14.9. The van der Waals surface area contributed by atoms with Gasteiger partial charge in [0.25, 0.3) is 0 Å². The van der Waals surface area contributed by atoms with Gasteiger partial charge in [0.2, 0.25) is 5.91 Å². The Morgan fingerprint density at radius 3 is 3.14 bits per heavy atom. The van der Waals surface area contributed by atoms with Gasteiger partial charge in [-0.1, -0.05) is 12.1 Å². The summed E-state index contributed by atoms with van der Waals surface area (Å²) in [6.45, 7) is 1.91. The second-order valence-corrected chi connectivity index (χ2v) is 5.93. The van der Waals surface area contributed by atoms with Crippen LogP contribution in [0.25, 0.3) is 0 Å². The molecule has 0 bridgehead atoms. The molecule has 2 saturated heterocycles. The number of hydrogen-bond donors (Lipinski definition) is 0. The fraction of sp³-hybridized carbons (Fsp3) is 0.562. The van der Waals surface area contributed by atoms with Crippen LogP contribution < -0.4 is 0 Å². The highest BCUT2D eigenvalue weighted by molar-refractivity contribution is 5.79. The van der Waals surface area contributed by atoms with Crippen LogP contribution in [0, 0.1) is 5.82 Å². The lowest BCUT2D eigenvalue weighted by molar-refractivity contribution is -0.130. The van der Waals surface area contributed by atoms with Crippen LogP contribution in [0.4, 0.5) is 4.39 Å². The van der Waals surface area contributed by atoms with E-state index in [-0.39, 0.29) is 29.9 Å². The van der Waals surface area contributed by atoms with Crippen molar-refractivity contribution >= 4 is 5.91 Å². The van der Waals surface area contributed by atoms with Gasteiger partial charge in [-0.2, -0.15) is 0 Å². The normalized spacial score (nSPS) is 28.5. The van der Waals surface area contributed by atoms with Crippen molar-refractivity contribution in [3.8, 4) is 0 Å². The third-order valence-electron chi connectivity index (χ3n) is 4.42. The van der Waals surface area contributed by atoms with Crippen molar-refractivity contribution in [3.05, 3.63) is 35.6 Å². The van der Waals surface area contributed by atoms with E-state index < -0.39 is 0 Å². The molecule has 1 aromatic rings. The van der Waals surface area contributed by atoms with Gasteiger partial charge in [-0.25, -0.2) is 4.39 Å².